The van der Waals surface area contributed by atoms with Gasteiger partial charge in [0, 0.05) is 50.9 Å². The summed E-state index contributed by atoms with van der Waals surface area (Å²) in [4.78, 5) is 4.43. The quantitative estimate of drug-likeness (QED) is 0.159. The molecular weight excluding hydrogens is 883 g/mol. The Labute approximate surface area is 339 Å². The SMILES string of the molecule is C[N-]/C=C/c1ccc2c(c1)c1cc3c4c(c1n2-c1ccccc1)CCc1cc2c5cc(-c6cccnc6)ccc5n(-c5ccccc5)c2c(c1-4)CC3.[CH3-].[U+2]. The van der Waals surface area contributed by atoms with E-state index in [0.29, 0.717) is 0 Å². The molecule has 0 unspecified atom stereocenters. The van der Waals surface area contributed by atoms with Crippen molar-refractivity contribution in [3.05, 3.63) is 180 Å². The molecule has 258 valence electrons. The van der Waals surface area contributed by atoms with Gasteiger partial charge >= 0.3 is 31.1 Å². The molecule has 4 nitrogen and oxygen atoms in total. The van der Waals surface area contributed by atoms with Gasteiger partial charge in [-0.1, -0.05) is 60.7 Å². The van der Waals surface area contributed by atoms with Crippen LogP contribution in [0.5, 0.6) is 0 Å². The van der Waals surface area contributed by atoms with Crippen molar-refractivity contribution in [3.8, 4) is 33.6 Å². The minimum absolute atomic E-state index is 0. The Morgan fingerprint density at radius 1 is 0.574 bits per heavy atom. The Morgan fingerprint density at radius 3 is 1.70 bits per heavy atom. The van der Waals surface area contributed by atoms with Crippen LogP contribution < -0.4 is 0 Å². The summed E-state index contributed by atoms with van der Waals surface area (Å²) in [6.07, 6.45) is 11.9. The van der Waals surface area contributed by atoms with Crippen molar-refractivity contribution in [1.29, 1.82) is 0 Å². The van der Waals surface area contributed by atoms with Crippen LogP contribution in [0.3, 0.4) is 0 Å². The van der Waals surface area contributed by atoms with Crippen LogP contribution >= 0.6 is 0 Å². The second-order valence-electron chi connectivity index (χ2n) is 14.2. The monoisotopic (exact) mass is 920 g/mol. The van der Waals surface area contributed by atoms with Gasteiger partial charge in [0.15, 0.2) is 0 Å². The summed E-state index contributed by atoms with van der Waals surface area (Å²) in [5.41, 5.74) is 20.0. The number of aromatic nitrogens is 3. The van der Waals surface area contributed by atoms with E-state index in [4.69, 9.17) is 0 Å². The number of nitrogens with zero attached hydrogens (tertiary/aromatic N) is 4. The number of rotatable bonds is 5. The molecule has 0 saturated heterocycles. The zero-order valence-corrected chi connectivity index (χ0v) is 34.6. The van der Waals surface area contributed by atoms with Gasteiger partial charge in [-0.15, -0.1) is 7.05 Å². The van der Waals surface area contributed by atoms with E-state index in [1.807, 2.05) is 31.7 Å². The molecular formula is C49H38N4U. The predicted octanol–water partition coefficient (Wildman–Crippen LogP) is 12.2. The predicted molar refractivity (Wildman–Crippen MR) is 223 cm³/mol. The van der Waals surface area contributed by atoms with Crippen LogP contribution in [-0.4, -0.2) is 21.2 Å². The zero-order valence-electron chi connectivity index (χ0n) is 30.5. The Balaban J connectivity index is 0.00000192. The summed E-state index contributed by atoms with van der Waals surface area (Å²) in [6, 6.07) is 44.9. The van der Waals surface area contributed by atoms with E-state index in [2.05, 4.69) is 141 Å². The number of benzene rings is 6. The number of pyridine rings is 1. The summed E-state index contributed by atoms with van der Waals surface area (Å²) >= 11 is 0. The van der Waals surface area contributed by atoms with Gasteiger partial charge in [0.05, 0.1) is 22.1 Å². The average Bonchev–Trinajstić information content (AvgIpc) is 3.71. The van der Waals surface area contributed by atoms with E-state index in [1.54, 1.807) is 0 Å². The van der Waals surface area contributed by atoms with Crippen LogP contribution in [0.1, 0.15) is 27.8 Å². The van der Waals surface area contributed by atoms with Crippen molar-refractivity contribution >= 4 is 49.7 Å². The third-order valence-corrected chi connectivity index (χ3v) is 11.5. The van der Waals surface area contributed by atoms with Crippen molar-refractivity contribution in [3.63, 3.8) is 0 Å². The average molecular weight is 921 g/mol. The van der Waals surface area contributed by atoms with E-state index in [1.165, 1.54) is 99.5 Å². The van der Waals surface area contributed by atoms with Gasteiger partial charge < -0.3 is 21.9 Å². The summed E-state index contributed by atoms with van der Waals surface area (Å²) in [5.74, 6) is 0. The Hall–Kier alpha value is -5.34. The van der Waals surface area contributed by atoms with Crippen LogP contribution in [0.2, 0.25) is 0 Å². The molecule has 0 fully saturated rings. The largest absolute Gasteiger partial charge is 2.00 e. The maximum Gasteiger partial charge on any atom is 2.00 e. The fraction of sp³-hybridized carbons (Fsp3) is 0.102. The Bertz CT molecular complexity index is 2920. The van der Waals surface area contributed by atoms with Crippen molar-refractivity contribution in [1.82, 2.24) is 14.1 Å². The topological polar surface area (TPSA) is 36.9 Å². The van der Waals surface area contributed by atoms with Crippen LogP contribution in [-0.2, 0) is 25.7 Å². The minimum atomic E-state index is 0. The summed E-state index contributed by atoms with van der Waals surface area (Å²) < 4.78 is 5.06. The second kappa shape index (κ2) is 13.5. The summed E-state index contributed by atoms with van der Waals surface area (Å²) in [5, 5.41) is 9.54. The van der Waals surface area contributed by atoms with E-state index < -0.39 is 0 Å². The molecule has 3 heterocycles. The number of fused-ring (bicyclic) bond motifs is 8. The zero-order chi connectivity index (χ0) is 34.3. The molecule has 9 aromatic rings. The Kier molecular flexibility index (Phi) is 8.61. The molecule has 0 N–H and O–H groups in total. The first kappa shape index (κ1) is 34.4. The molecule has 0 bridgehead atoms. The van der Waals surface area contributed by atoms with Crippen LogP contribution in [0.4, 0.5) is 0 Å². The molecule has 54 heavy (non-hydrogen) atoms. The maximum absolute atomic E-state index is 4.43. The van der Waals surface area contributed by atoms with Crippen LogP contribution in [0.25, 0.3) is 88.6 Å². The first-order chi connectivity index (χ1) is 25.8. The molecule has 3 aromatic heterocycles. The number of hydrogen-bond acceptors (Lipinski definition) is 1. The minimum Gasteiger partial charge on any atom is -0.693 e. The molecule has 0 aliphatic heterocycles. The van der Waals surface area contributed by atoms with Crippen molar-refractivity contribution in [2.45, 2.75) is 25.7 Å². The fourth-order valence-electron chi connectivity index (χ4n) is 9.34. The Morgan fingerprint density at radius 2 is 1.15 bits per heavy atom. The first-order valence-corrected chi connectivity index (χ1v) is 18.3. The van der Waals surface area contributed by atoms with E-state index >= 15 is 0 Å². The smallest absolute Gasteiger partial charge is 0.693 e. The van der Waals surface area contributed by atoms with Gasteiger partial charge in [0.25, 0.3) is 0 Å². The molecule has 6 aromatic carbocycles. The second-order valence-corrected chi connectivity index (χ2v) is 14.2. The van der Waals surface area contributed by atoms with Gasteiger partial charge in [-0.25, -0.2) is 0 Å². The molecule has 2 aliphatic rings. The molecule has 0 radical (unpaired) electrons. The van der Waals surface area contributed by atoms with Gasteiger partial charge in [0.2, 0.25) is 0 Å². The van der Waals surface area contributed by atoms with Gasteiger partial charge in [-0.3, -0.25) is 4.98 Å². The fourth-order valence-corrected chi connectivity index (χ4v) is 9.34. The summed E-state index contributed by atoms with van der Waals surface area (Å²) in [6.45, 7) is 0. The number of aryl methyl sites for hydroxylation is 4. The standard InChI is InChI=1S/C48H35N4.CH3.U/c1-49-24-22-30-14-20-43-39(25-30)41-27-32-15-19-38-46-33(16-18-37(45(32)46)47(41)51(43)35-10-4-2-5-11-35)28-42-40-26-31(34-9-8-23-50-29-34)17-21-44(40)52(48(38)42)36-12-6-3-7-13-36;;/h2-14,17,20-29H,15-16,18-19H2,1H3;1H3;/q2*-1;+2/b24-22+;;. The third kappa shape index (κ3) is 5.06. The van der Waals surface area contributed by atoms with Gasteiger partial charge in [-0.05, 0) is 137 Å². The van der Waals surface area contributed by atoms with E-state index in [-0.39, 0.29) is 38.5 Å². The van der Waals surface area contributed by atoms with Crippen molar-refractivity contribution < 1.29 is 31.1 Å². The van der Waals surface area contributed by atoms with Crippen LogP contribution in [0, 0.1) is 38.5 Å². The molecule has 0 atom stereocenters. The normalized spacial score (nSPS) is 13.0. The van der Waals surface area contributed by atoms with E-state index in [9.17, 15) is 0 Å². The van der Waals surface area contributed by atoms with Crippen molar-refractivity contribution in [2.75, 3.05) is 7.05 Å². The summed E-state index contributed by atoms with van der Waals surface area (Å²) in [7, 11) is 1.83. The molecule has 0 saturated carbocycles. The number of para-hydroxylation sites is 2. The van der Waals surface area contributed by atoms with Gasteiger partial charge in [-0.2, -0.15) is 6.20 Å². The van der Waals surface area contributed by atoms with Gasteiger partial charge in [0.1, 0.15) is 0 Å². The maximum atomic E-state index is 4.43. The molecule has 5 heteroatoms. The van der Waals surface area contributed by atoms with E-state index in [0.717, 1.165) is 31.2 Å². The first-order valence-electron chi connectivity index (χ1n) is 18.3. The third-order valence-electron chi connectivity index (χ3n) is 11.5. The molecule has 0 spiro atoms. The molecule has 0 amide bonds. The molecule has 11 rings (SSSR count). The molecule has 2 aliphatic carbocycles. The number of hydrogen-bond donors (Lipinski definition) is 0. The van der Waals surface area contributed by atoms with Crippen molar-refractivity contribution in [2.24, 2.45) is 0 Å². The van der Waals surface area contributed by atoms with Crippen LogP contribution in [0.15, 0.2) is 140 Å².